The maximum Gasteiger partial charge on any atom is 0.231 e. The van der Waals surface area contributed by atoms with Crippen molar-refractivity contribution in [1.29, 1.82) is 0 Å². The fourth-order valence-electron chi connectivity index (χ4n) is 2.78. The number of hydrogen-bond donors (Lipinski definition) is 2. The van der Waals surface area contributed by atoms with Crippen molar-refractivity contribution in [2.75, 3.05) is 24.0 Å². The zero-order valence-corrected chi connectivity index (χ0v) is 15.2. The van der Waals surface area contributed by atoms with Gasteiger partial charge in [0.15, 0.2) is 11.5 Å². The number of fused-ring (bicyclic) bond motifs is 1. The first-order chi connectivity index (χ1) is 13.8. The smallest absolute Gasteiger partial charge is 0.231 e. The second-order valence-electron chi connectivity index (χ2n) is 6.23. The highest BCUT2D eigenvalue weighted by atomic mass is 16.7. The summed E-state index contributed by atoms with van der Waals surface area (Å²) >= 11 is 0. The predicted octanol–water partition coefficient (Wildman–Crippen LogP) is 4.65. The summed E-state index contributed by atoms with van der Waals surface area (Å²) < 4.78 is 16.4. The summed E-state index contributed by atoms with van der Waals surface area (Å²) in [6, 6.07) is 22.5. The Hall–Kier alpha value is -3.67. The van der Waals surface area contributed by atoms with E-state index in [1.54, 1.807) is 0 Å². The third-order valence-corrected chi connectivity index (χ3v) is 4.17. The Morgan fingerprint density at radius 3 is 2.39 bits per heavy atom. The number of hydrogen-bond acceptors (Lipinski definition) is 5. The van der Waals surface area contributed by atoms with Crippen LogP contribution in [0.5, 0.6) is 23.0 Å². The van der Waals surface area contributed by atoms with Crippen LogP contribution in [0.15, 0.2) is 72.8 Å². The number of para-hydroxylation sites is 1. The van der Waals surface area contributed by atoms with Crippen molar-refractivity contribution in [2.45, 2.75) is 6.42 Å². The van der Waals surface area contributed by atoms with E-state index in [-0.39, 0.29) is 12.7 Å². The maximum atomic E-state index is 12.1. The quantitative estimate of drug-likeness (QED) is 0.628. The molecule has 0 saturated heterocycles. The molecule has 1 heterocycles. The normalized spacial score (nSPS) is 11.7. The number of carbonyl (C=O) groups excluding carboxylic acids is 1. The van der Waals surface area contributed by atoms with Crippen molar-refractivity contribution in [3.63, 3.8) is 0 Å². The highest BCUT2D eigenvalue weighted by Gasteiger charge is 2.13. The SMILES string of the molecule is O=C(CCNc1ccc2c(c1)OCO2)Nc1ccc(Oc2ccccc2)cc1. The van der Waals surface area contributed by atoms with Gasteiger partial charge in [0.25, 0.3) is 0 Å². The molecule has 142 valence electrons. The van der Waals surface area contributed by atoms with Gasteiger partial charge in [0, 0.05) is 30.4 Å². The Morgan fingerprint density at radius 2 is 1.57 bits per heavy atom. The van der Waals surface area contributed by atoms with Crippen LogP contribution in [0.2, 0.25) is 0 Å². The Bertz CT molecular complexity index is 943. The van der Waals surface area contributed by atoms with E-state index in [2.05, 4.69) is 10.6 Å². The molecule has 0 unspecified atom stereocenters. The van der Waals surface area contributed by atoms with Gasteiger partial charge >= 0.3 is 0 Å². The molecule has 0 bridgehead atoms. The number of ether oxygens (including phenoxy) is 3. The second-order valence-corrected chi connectivity index (χ2v) is 6.23. The van der Waals surface area contributed by atoms with Crippen LogP contribution in [0.3, 0.4) is 0 Å². The molecule has 0 radical (unpaired) electrons. The van der Waals surface area contributed by atoms with Gasteiger partial charge in [-0.25, -0.2) is 0 Å². The zero-order valence-electron chi connectivity index (χ0n) is 15.2. The van der Waals surface area contributed by atoms with E-state index >= 15 is 0 Å². The molecule has 6 heteroatoms. The molecule has 0 fully saturated rings. The second kappa shape index (κ2) is 8.35. The summed E-state index contributed by atoms with van der Waals surface area (Å²) in [4.78, 5) is 12.1. The third kappa shape index (κ3) is 4.54. The van der Waals surface area contributed by atoms with Gasteiger partial charge < -0.3 is 24.8 Å². The highest BCUT2D eigenvalue weighted by molar-refractivity contribution is 5.91. The Balaban J connectivity index is 1.23. The number of rotatable bonds is 7. The molecule has 0 aromatic heterocycles. The highest BCUT2D eigenvalue weighted by Crippen LogP contribution is 2.34. The molecule has 2 N–H and O–H groups in total. The number of anilines is 2. The van der Waals surface area contributed by atoms with Crippen LogP contribution in [-0.2, 0) is 4.79 Å². The summed E-state index contributed by atoms with van der Waals surface area (Å²) in [5.74, 6) is 2.88. The lowest BCUT2D eigenvalue weighted by atomic mass is 10.2. The largest absolute Gasteiger partial charge is 0.457 e. The van der Waals surface area contributed by atoms with Crippen LogP contribution in [0.25, 0.3) is 0 Å². The molecule has 3 aromatic carbocycles. The fourth-order valence-corrected chi connectivity index (χ4v) is 2.78. The van der Waals surface area contributed by atoms with Crippen LogP contribution in [0, 0.1) is 0 Å². The van der Waals surface area contributed by atoms with Gasteiger partial charge in [0.1, 0.15) is 11.5 Å². The van der Waals surface area contributed by atoms with Gasteiger partial charge in [-0.2, -0.15) is 0 Å². The minimum absolute atomic E-state index is 0.0648. The molecule has 28 heavy (non-hydrogen) atoms. The first kappa shape index (κ1) is 17.7. The van der Waals surface area contributed by atoms with Crippen molar-refractivity contribution < 1.29 is 19.0 Å². The first-order valence-electron chi connectivity index (χ1n) is 9.03. The number of amides is 1. The Kier molecular flexibility index (Phi) is 5.29. The summed E-state index contributed by atoms with van der Waals surface area (Å²) in [6.07, 6.45) is 0.344. The Labute approximate surface area is 163 Å². The minimum Gasteiger partial charge on any atom is -0.457 e. The van der Waals surface area contributed by atoms with E-state index in [4.69, 9.17) is 14.2 Å². The molecule has 4 rings (SSSR count). The molecular formula is C22H20N2O4. The monoisotopic (exact) mass is 376 g/mol. The van der Waals surface area contributed by atoms with E-state index in [0.717, 1.165) is 22.9 Å². The molecule has 3 aromatic rings. The van der Waals surface area contributed by atoms with Crippen molar-refractivity contribution in [3.05, 3.63) is 72.8 Å². The molecule has 6 nitrogen and oxygen atoms in total. The average Bonchev–Trinajstić information content (AvgIpc) is 3.18. The van der Waals surface area contributed by atoms with E-state index in [9.17, 15) is 4.79 Å². The van der Waals surface area contributed by atoms with Crippen LogP contribution in [-0.4, -0.2) is 19.2 Å². The Morgan fingerprint density at radius 1 is 0.857 bits per heavy atom. The minimum atomic E-state index is -0.0648. The van der Waals surface area contributed by atoms with Crippen molar-refractivity contribution in [3.8, 4) is 23.0 Å². The van der Waals surface area contributed by atoms with Gasteiger partial charge in [-0.3, -0.25) is 4.79 Å². The summed E-state index contributed by atoms with van der Waals surface area (Å²) in [5.41, 5.74) is 1.62. The molecule has 0 atom stereocenters. The van der Waals surface area contributed by atoms with Gasteiger partial charge in [-0.1, -0.05) is 18.2 Å². The van der Waals surface area contributed by atoms with Gasteiger partial charge in [-0.05, 0) is 48.5 Å². The van der Waals surface area contributed by atoms with Gasteiger partial charge in [-0.15, -0.1) is 0 Å². The van der Waals surface area contributed by atoms with Crippen LogP contribution in [0.4, 0.5) is 11.4 Å². The average molecular weight is 376 g/mol. The molecular weight excluding hydrogens is 356 g/mol. The lowest BCUT2D eigenvalue weighted by Crippen LogP contribution is -2.16. The maximum absolute atomic E-state index is 12.1. The fraction of sp³-hybridized carbons (Fsp3) is 0.136. The number of carbonyl (C=O) groups is 1. The van der Waals surface area contributed by atoms with Crippen LogP contribution >= 0.6 is 0 Å². The summed E-state index contributed by atoms with van der Waals surface area (Å²) in [6.45, 7) is 0.761. The lowest BCUT2D eigenvalue weighted by molar-refractivity contribution is -0.115. The summed E-state index contributed by atoms with van der Waals surface area (Å²) in [5, 5.41) is 6.09. The van der Waals surface area contributed by atoms with Crippen molar-refractivity contribution >= 4 is 17.3 Å². The topological polar surface area (TPSA) is 68.8 Å². The van der Waals surface area contributed by atoms with Gasteiger partial charge in [0.2, 0.25) is 12.7 Å². The summed E-state index contributed by atoms with van der Waals surface area (Å²) in [7, 11) is 0. The standard InChI is InChI=1S/C22H20N2O4/c25-22(12-13-23-17-8-11-20-21(14-17)27-15-26-20)24-16-6-9-19(10-7-16)28-18-4-2-1-3-5-18/h1-11,14,23H,12-13,15H2,(H,24,25). The van der Waals surface area contributed by atoms with E-state index in [1.807, 2.05) is 72.8 Å². The molecule has 1 aliphatic heterocycles. The molecule has 0 spiro atoms. The molecule has 0 aliphatic carbocycles. The molecule has 1 amide bonds. The molecule has 0 saturated carbocycles. The van der Waals surface area contributed by atoms with E-state index in [0.29, 0.717) is 24.5 Å². The van der Waals surface area contributed by atoms with Crippen LogP contribution in [0.1, 0.15) is 6.42 Å². The van der Waals surface area contributed by atoms with Crippen molar-refractivity contribution in [2.24, 2.45) is 0 Å². The zero-order chi connectivity index (χ0) is 19.2. The number of benzene rings is 3. The molecule has 1 aliphatic rings. The third-order valence-electron chi connectivity index (χ3n) is 4.17. The van der Waals surface area contributed by atoms with Gasteiger partial charge in [0.05, 0.1) is 0 Å². The lowest BCUT2D eigenvalue weighted by Gasteiger charge is -2.09. The van der Waals surface area contributed by atoms with E-state index in [1.165, 1.54) is 0 Å². The predicted molar refractivity (Wildman–Crippen MR) is 107 cm³/mol. The van der Waals surface area contributed by atoms with E-state index < -0.39 is 0 Å². The number of nitrogens with one attached hydrogen (secondary N) is 2. The van der Waals surface area contributed by atoms with Crippen molar-refractivity contribution in [1.82, 2.24) is 0 Å². The van der Waals surface area contributed by atoms with Crippen LogP contribution < -0.4 is 24.8 Å². The first-order valence-corrected chi connectivity index (χ1v) is 9.03.